The van der Waals surface area contributed by atoms with Crippen molar-refractivity contribution in [2.45, 2.75) is 52.0 Å². The number of anilines is 1. The van der Waals surface area contributed by atoms with Crippen LogP contribution >= 0.6 is 0 Å². The molecule has 0 bridgehead atoms. The predicted octanol–water partition coefficient (Wildman–Crippen LogP) is 4.36. The summed E-state index contributed by atoms with van der Waals surface area (Å²) >= 11 is 0. The first-order valence-corrected chi connectivity index (χ1v) is 10.00. The Morgan fingerprint density at radius 3 is 2.76 bits per heavy atom. The molecule has 0 unspecified atom stereocenters. The monoisotopic (exact) mass is 388 g/mol. The first-order valence-electron chi connectivity index (χ1n) is 10.00. The first kappa shape index (κ1) is 18.9. The van der Waals surface area contributed by atoms with Gasteiger partial charge < -0.3 is 5.32 Å². The molecular formula is C22H24N6O. The minimum absolute atomic E-state index is 0.175. The van der Waals surface area contributed by atoms with Gasteiger partial charge in [0.1, 0.15) is 11.6 Å². The Balaban J connectivity index is 1.68. The third-order valence-electron chi connectivity index (χ3n) is 5.51. The molecule has 7 nitrogen and oxygen atoms in total. The number of pyridine rings is 1. The lowest BCUT2D eigenvalue weighted by atomic mass is 9.96. The van der Waals surface area contributed by atoms with E-state index >= 15 is 0 Å². The van der Waals surface area contributed by atoms with Gasteiger partial charge in [-0.05, 0) is 43.9 Å². The number of benzene rings is 1. The summed E-state index contributed by atoms with van der Waals surface area (Å²) in [7, 11) is 0. The number of amides is 2. The van der Waals surface area contributed by atoms with E-state index in [0.29, 0.717) is 17.2 Å². The molecule has 1 aromatic carbocycles. The van der Waals surface area contributed by atoms with Gasteiger partial charge in [-0.15, -0.1) is 0 Å². The van der Waals surface area contributed by atoms with Crippen molar-refractivity contribution < 1.29 is 4.79 Å². The number of aryl methyl sites for hydroxylation is 2. The smallest absolute Gasteiger partial charge is 0.320 e. The van der Waals surface area contributed by atoms with Gasteiger partial charge in [0.15, 0.2) is 11.6 Å². The Morgan fingerprint density at radius 1 is 1.21 bits per heavy atom. The lowest BCUT2D eigenvalue weighted by Crippen LogP contribution is -2.39. The quantitative estimate of drug-likeness (QED) is 0.697. The molecular weight excluding hydrogens is 364 g/mol. The molecule has 2 heterocycles. The van der Waals surface area contributed by atoms with E-state index in [1.165, 1.54) is 17.3 Å². The molecule has 2 aromatic heterocycles. The van der Waals surface area contributed by atoms with Gasteiger partial charge in [0.25, 0.3) is 0 Å². The number of nitriles is 1. The van der Waals surface area contributed by atoms with E-state index < -0.39 is 0 Å². The fourth-order valence-electron chi connectivity index (χ4n) is 3.95. The van der Waals surface area contributed by atoms with Gasteiger partial charge in [0.05, 0.1) is 11.7 Å². The zero-order chi connectivity index (χ0) is 20.4. The van der Waals surface area contributed by atoms with E-state index in [4.69, 9.17) is 4.98 Å². The zero-order valence-corrected chi connectivity index (χ0v) is 16.7. The molecule has 0 saturated heterocycles. The number of para-hydroxylation sites is 1. The second-order valence-corrected chi connectivity index (χ2v) is 7.63. The van der Waals surface area contributed by atoms with Crippen molar-refractivity contribution >= 4 is 22.8 Å². The van der Waals surface area contributed by atoms with Crippen LogP contribution in [0.4, 0.5) is 10.6 Å². The Hall–Kier alpha value is -3.40. The van der Waals surface area contributed by atoms with Gasteiger partial charge in [-0.25, -0.2) is 9.78 Å². The summed E-state index contributed by atoms with van der Waals surface area (Å²) in [5, 5.41) is 20.7. The van der Waals surface area contributed by atoms with Gasteiger partial charge in [-0.3, -0.25) is 5.32 Å². The topological polar surface area (TPSA) is 95.6 Å². The lowest BCUT2D eigenvalue weighted by Gasteiger charge is -2.23. The van der Waals surface area contributed by atoms with E-state index in [2.05, 4.69) is 21.8 Å². The molecule has 7 heteroatoms. The molecule has 4 rings (SSSR count). The van der Waals surface area contributed by atoms with E-state index in [1.807, 2.05) is 38.1 Å². The molecule has 1 saturated carbocycles. The number of carbonyl (C=O) groups is 1. The summed E-state index contributed by atoms with van der Waals surface area (Å²) in [5.74, 6) is 0.902. The van der Waals surface area contributed by atoms with Crippen LogP contribution in [0, 0.1) is 25.2 Å². The van der Waals surface area contributed by atoms with E-state index in [0.717, 1.165) is 47.7 Å². The Morgan fingerprint density at radius 2 is 2.00 bits per heavy atom. The number of nitrogens with zero attached hydrogens (tertiary/aromatic N) is 4. The Kier molecular flexibility index (Phi) is 5.17. The molecule has 0 spiro atoms. The number of hydrogen-bond donors (Lipinski definition) is 2. The molecule has 29 heavy (non-hydrogen) atoms. The van der Waals surface area contributed by atoms with Crippen molar-refractivity contribution in [1.29, 1.82) is 5.26 Å². The van der Waals surface area contributed by atoms with Crippen LogP contribution < -0.4 is 10.6 Å². The molecule has 3 aromatic rings. The summed E-state index contributed by atoms with van der Waals surface area (Å²) in [6.45, 7) is 4.03. The number of fused-ring (bicyclic) bond motifs is 1. The zero-order valence-electron chi connectivity index (χ0n) is 16.7. The van der Waals surface area contributed by atoms with Gasteiger partial charge in [-0.2, -0.15) is 15.0 Å². The van der Waals surface area contributed by atoms with Crippen molar-refractivity contribution in [2.24, 2.45) is 0 Å². The maximum absolute atomic E-state index is 12.6. The minimum Gasteiger partial charge on any atom is -0.335 e. The molecule has 0 atom stereocenters. The number of hydrogen-bond acceptors (Lipinski definition) is 4. The van der Waals surface area contributed by atoms with Crippen LogP contribution in [0.5, 0.6) is 0 Å². The fourth-order valence-corrected chi connectivity index (χ4v) is 3.95. The highest BCUT2D eigenvalue weighted by atomic mass is 16.2. The van der Waals surface area contributed by atoms with Crippen LogP contribution in [0.15, 0.2) is 30.5 Å². The average Bonchev–Trinajstić information content (AvgIpc) is 3.12. The maximum atomic E-state index is 12.6. The summed E-state index contributed by atoms with van der Waals surface area (Å²) in [6, 6.07) is 9.94. The van der Waals surface area contributed by atoms with Crippen LogP contribution in [0.25, 0.3) is 16.7 Å². The summed E-state index contributed by atoms with van der Waals surface area (Å²) in [6.07, 6.45) is 6.91. The highest BCUT2D eigenvalue weighted by Gasteiger charge is 2.20. The lowest BCUT2D eigenvalue weighted by molar-refractivity contribution is 0.244. The molecule has 2 amide bonds. The van der Waals surface area contributed by atoms with Gasteiger partial charge in [0.2, 0.25) is 0 Å². The van der Waals surface area contributed by atoms with Gasteiger partial charge >= 0.3 is 6.03 Å². The van der Waals surface area contributed by atoms with Crippen LogP contribution in [0.2, 0.25) is 0 Å². The first-order chi connectivity index (χ1) is 14.1. The van der Waals surface area contributed by atoms with E-state index in [9.17, 15) is 10.1 Å². The average molecular weight is 388 g/mol. The molecule has 0 aliphatic heterocycles. The molecule has 1 aliphatic carbocycles. The summed E-state index contributed by atoms with van der Waals surface area (Å²) in [4.78, 5) is 17.3. The number of urea groups is 1. The molecule has 1 aliphatic rings. The normalized spacial score (nSPS) is 14.5. The van der Waals surface area contributed by atoms with Gasteiger partial charge in [-0.1, -0.05) is 37.5 Å². The second-order valence-electron chi connectivity index (χ2n) is 7.63. The van der Waals surface area contributed by atoms with Crippen molar-refractivity contribution in [3.63, 3.8) is 0 Å². The highest BCUT2D eigenvalue weighted by Crippen LogP contribution is 2.25. The summed E-state index contributed by atoms with van der Waals surface area (Å²) in [5.41, 5.74) is 3.30. The highest BCUT2D eigenvalue weighted by molar-refractivity contribution is 5.90. The van der Waals surface area contributed by atoms with Crippen molar-refractivity contribution in [2.75, 3.05) is 5.32 Å². The fraction of sp³-hybridized carbons (Fsp3) is 0.364. The van der Waals surface area contributed by atoms with E-state index in [1.54, 1.807) is 0 Å². The van der Waals surface area contributed by atoms with E-state index in [-0.39, 0.29) is 12.1 Å². The predicted molar refractivity (Wildman–Crippen MR) is 112 cm³/mol. The van der Waals surface area contributed by atoms with Crippen LogP contribution in [0.1, 0.15) is 48.8 Å². The molecule has 0 radical (unpaired) electrons. The molecule has 1 fully saturated rings. The second kappa shape index (κ2) is 7.92. The van der Waals surface area contributed by atoms with Crippen molar-refractivity contribution in [1.82, 2.24) is 20.1 Å². The van der Waals surface area contributed by atoms with Crippen LogP contribution in [-0.4, -0.2) is 26.8 Å². The Labute approximate surface area is 169 Å². The SMILES string of the molecule is Cc1cc(-n2ncc(C#N)c2NC(=O)NC2CCCCC2)nc2c(C)cccc12. The standard InChI is InChI=1S/C22H24N6O/c1-14-7-6-10-18-15(2)11-19(26-20(14)18)28-21(16(12-23)13-24-28)27-22(29)25-17-8-4-3-5-9-17/h6-7,10-11,13,17H,3-5,8-9H2,1-2H3,(H2,25,27,29). The van der Waals surface area contributed by atoms with Crippen LogP contribution in [-0.2, 0) is 0 Å². The Bertz CT molecular complexity index is 1100. The maximum Gasteiger partial charge on any atom is 0.320 e. The van der Waals surface area contributed by atoms with Crippen LogP contribution in [0.3, 0.4) is 0 Å². The van der Waals surface area contributed by atoms with Crippen molar-refractivity contribution in [3.8, 4) is 11.9 Å². The third kappa shape index (κ3) is 3.79. The third-order valence-corrected chi connectivity index (χ3v) is 5.51. The van der Waals surface area contributed by atoms with Gasteiger partial charge in [0, 0.05) is 11.4 Å². The number of rotatable bonds is 3. The van der Waals surface area contributed by atoms with Crippen molar-refractivity contribution in [3.05, 3.63) is 47.2 Å². The number of aromatic nitrogens is 3. The molecule has 148 valence electrons. The number of nitrogens with one attached hydrogen (secondary N) is 2. The minimum atomic E-state index is -0.316. The number of carbonyl (C=O) groups excluding carboxylic acids is 1. The molecule has 2 N–H and O–H groups in total. The largest absolute Gasteiger partial charge is 0.335 e. The summed E-state index contributed by atoms with van der Waals surface area (Å²) < 4.78 is 1.53.